The summed E-state index contributed by atoms with van der Waals surface area (Å²) in [5, 5.41) is 9.07. The van der Waals surface area contributed by atoms with Crippen LogP contribution in [0.2, 0.25) is 10.2 Å². The Balaban J connectivity index is 2.49. The predicted octanol–water partition coefficient (Wildman–Crippen LogP) is 4.57. The highest BCUT2D eigenvalue weighted by atomic mass is 35.5. The van der Waals surface area contributed by atoms with Crippen molar-refractivity contribution in [3.8, 4) is 17.0 Å². The van der Waals surface area contributed by atoms with Crippen molar-refractivity contribution in [2.24, 2.45) is 0 Å². The lowest BCUT2D eigenvalue weighted by molar-refractivity contribution is 0.415. The summed E-state index contributed by atoms with van der Waals surface area (Å²) in [6.07, 6.45) is 0. The summed E-state index contributed by atoms with van der Waals surface area (Å²) in [4.78, 5) is 0.896. The normalized spacial score (nSPS) is 10.5. The van der Waals surface area contributed by atoms with E-state index < -0.39 is 0 Å². The lowest BCUT2D eigenvalue weighted by Crippen LogP contribution is -1.92. The molecule has 1 aromatic carbocycles. The molecule has 0 spiro atoms. The molecule has 0 unspecified atom stereocenters. The number of halogens is 2. The maximum absolute atomic E-state index is 6.19. The number of benzene rings is 1. The fourth-order valence-corrected chi connectivity index (χ4v) is 2.71. The van der Waals surface area contributed by atoms with Crippen LogP contribution >= 0.6 is 35.0 Å². The molecular formula is C13H12Cl2N2OS. The van der Waals surface area contributed by atoms with E-state index in [4.69, 9.17) is 27.9 Å². The molecule has 1 heterocycles. The second-order valence-corrected chi connectivity index (χ2v) is 5.73. The number of thioether (sulfide) groups is 1. The van der Waals surface area contributed by atoms with Crippen LogP contribution in [-0.4, -0.2) is 23.1 Å². The Hall–Kier alpha value is -0.970. The SMILES string of the molecule is CCSc1cc(-c2cc(OC)ccc2Cl)nnc1Cl. The molecule has 100 valence electrons. The summed E-state index contributed by atoms with van der Waals surface area (Å²) in [7, 11) is 1.61. The molecule has 6 heteroatoms. The quantitative estimate of drug-likeness (QED) is 0.774. The van der Waals surface area contributed by atoms with Crippen LogP contribution in [0.5, 0.6) is 5.75 Å². The fourth-order valence-electron chi connectivity index (χ4n) is 1.58. The van der Waals surface area contributed by atoms with Crippen LogP contribution in [0.4, 0.5) is 0 Å². The van der Waals surface area contributed by atoms with E-state index in [9.17, 15) is 0 Å². The second kappa shape index (κ2) is 6.46. The summed E-state index contributed by atoms with van der Waals surface area (Å²) >= 11 is 13.8. The largest absolute Gasteiger partial charge is 0.497 e. The van der Waals surface area contributed by atoms with Crippen LogP contribution in [0.3, 0.4) is 0 Å². The van der Waals surface area contributed by atoms with Crippen LogP contribution in [0.1, 0.15) is 6.92 Å². The zero-order chi connectivity index (χ0) is 13.8. The Morgan fingerprint density at radius 3 is 2.68 bits per heavy atom. The Morgan fingerprint density at radius 1 is 1.21 bits per heavy atom. The van der Waals surface area contributed by atoms with Crippen molar-refractivity contribution in [3.63, 3.8) is 0 Å². The number of methoxy groups -OCH3 is 1. The van der Waals surface area contributed by atoms with E-state index in [1.54, 1.807) is 31.0 Å². The van der Waals surface area contributed by atoms with Gasteiger partial charge in [0.25, 0.3) is 0 Å². The Morgan fingerprint density at radius 2 is 2.00 bits per heavy atom. The van der Waals surface area contributed by atoms with Crippen LogP contribution in [0, 0.1) is 0 Å². The molecule has 3 nitrogen and oxygen atoms in total. The van der Waals surface area contributed by atoms with E-state index in [2.05, 4.69) is 17.1 Å². The van der Waals surface area contributed by atoms with Gasteiger partial charge in [-0.25, -0.2) is 0 Å². The Bertz CT molecular complexity index is 593. The van der Waals surface area contributed by atoms with E-state index in [-0.39, 0.29) is 0 Å². The maximum atomic E-state index is 6.19. The lowest BCUT2D eigenvalue weighted by atomic mass is 10.1. The second-order valence-electron chi connectivity index (χ2n) is 3.66. The van der Waals surface area contributed by atoms with Crippen molar-refractivity contribution >= 4 is 35.0 Å². The van der Waals surface area contributed by atoms with Gasteiger partial charge < -0.3 is 4.74 Å². The van der Waals surface area contributed by atoms with Crippen molar-refractivity contribution in [1.82, 2.24) is 10.2 Å². The van der Waals surface area contributed by atoms with Gasteiger partial charge in [0.15, 0.2) is 5.15 Å². The monoisotopic (exact) mass is 314 g/mol. The first-order valence-electron chi connectivity index (χ1n) is 5.65. The Kier molecular flexibility index (Phi) is 4.91. The van der Waals surface area contributed by atoms with Gasteiger partial charge in [0.1, 0.15) is 5.75 Å². The molecule has 0 radical (unpaired) electrons. The van der Waals surface area contributed by atoms with Crippen molar-refractivity contribution in [1.29, 1.82) is 0 Å². The first-order valence-corrected chi connectivity index (χ1v) is 7.39. The van der Waals surface area contributed by atoms with Crippen LogP contribution in [0.25, 0.3) is 11.3 Å². The van der Waals surface area contributed by atoms with E-state index in [0.29, 0.717) is 15.9 Å². The summed E-state index contributed by atoms with van der Waals surface area (Å²) in [6, 6.07) is 7.31. The minimum atomic E-state index is 0.412. The predicted molar refractivity (Wildman–Crippen MR) is 80.4 cm³/mol. The third-order valence-electron chi connectivity index (χ3n) is 2.47. The van der Waals surface area contributed by atoms with Gasteiger partial charge in [0.05, 0.1) is 17.8 Å². The minimum Gasteiger partial charge on any atom is -0.497 e. The van der Waals surface area contributed by atoms with Crippen molar-refractivity contribution in [3.05, 3.63) is 34.4 Å². The topological polar surface area (TPSA) is 35.0 Å². The molecule has 0 fully saturated rings. The molecule has 1 aromatic heterocycles. The highest BCUT2D eigenvalue weighted by Gasteiger charge is 2.11. The standard InChI is InChI=1S/C13H12Cl2N2OS/c1-3-19-12-7-11(16-17-13(12)15)9-6-8(18-2)4-5-10(9)14/h4-7H,3H2,1-2H3. The third-order valence-corrected chi connectivity index (χ3v) is 4.10. The molecule has 0 atom stereocenters. The molecule has 0 saturated heterocycles. The lowest BCUT2D eigenvalue weighted by Gasteiger charge is -2.08. The molecule has 2 aromatic rings. The summed E-state index contributed by atoms with van der Waals surface area (Å²) < 4.78 is 5.19. The highest BCUT2D eigenvalue weighted by Crippen LogP contribution is 2.33. The van der Waals surface area contributed by atoms with Gasteiger partial charge in [0, 0.05) is 10.5 Å². The van der Waals surface area contributed by atoms with Gasteiger partial charge in [-0.3, -0.25) is 0 Å². The smallest absolute Gasteiger partial charge is 0.165 e. The van der Waals surface area contributed by atoms with Gasteiger partial charge in [-0.1, -0.05) is 30.1 Å². The molecule has 0 saturated carbocycles. The van der Waals surface area contributed by atoms with E-state index in [0.717, 1.165) is 22.0 Å². The molecular weight excluding hydrogens is 303 g/mol. The first kappa shape index (κ1) is 14.4. The van der Waals surface area contributed by atoms with Gasteiger partial charge in [0.2, 0.25) is 0 Å². The number of rotatable bonds is 4. The van der Waals surface area contributed by atoms with E-state index in [1.807, 2.05) is 12.1 Å². The van der Waals surface area contributed by atoms with Crippen molar-refractivity contribution in [2.45, 2.75) is 11.8 Å². The van der Waals surface area contributed by atoms with E-state index >= 15 is 0 Å². The number of ether oxygens (including phenoxy) is 1. The fraction of sp³-hybridized carbons (Fsp3) is 0.231. The summed E-state index contributed by atoms with van der Waals surface area (Å²) in [5.41, 5.74) is 1.47. The molecule has 0 N–H and O–H groups in total. The maximum Gasteiger partial charge on any atom is 0.165 e. The average Bonchev–Trinajstić information content (AvgIpc) is 2.42. The molecule has 0 aliphatic carbocycles. The number of hydrogen-bond donors (Lipinski definition) is 0. The molecule has 2 rings (SSSR count). The number of hydrogen-bond acceptors (Lipinski definition) is 4. The zero-order valence-electron chi connectivity index (χ0n) is 10.5. The van der Waals surface area contributed by atoms with Crippen LogP contribution in [0.15, 0.2) is 29.2 Å². The molecule has 0 aliphatic heterocycles. The third kappa shape index (κ3) is 3.32. The zero-order valence-corrected chi connectivity index (χ0v) is 12.8. The summed E-state index contributed by atoms with van der Waals surface area (Å²) in [5.74, 6) is 1.64. The average molecular weight is 315 g/mol. The minimum absolute atomic E-state index is 0.412. The molecule has 0 amide bonds. The van der Waals surface area contributed by atoms with Crippen LogP contribution in [-0.2, 0) is 0 Å². The molecule has 0 bridgehead atoms. The molecule has 19 heavy (non-hydrogen) atoms. The highest BCUT2D eigenvalue weighted by molar-refractivity contribution is 7.99. The van der Waals surface area contributed by atoms with Gasteiger partial charge in [-0.15, -0.1) is 22.0 Å². The number of nitrogens with zero attached hydrogens (tertiary/aromatic N) is 2. The van der Waals surface area contributed by atoms with Crippen LogP contribution < -0.4 is 4.74 Å². The summed E-state index contributed by atoms with van der Waals surface area (Å²) in [6.45, 7) is 2.06. The first-order chi connectivity index (χ1) is 9.15. The van der Waals surface area contributed by atoms with Crippen molar-refractivity contribution in [2.75, 3.05) is 12.9 Å². The van der Waals surface area contributed by atoms with Gasteiger partial charge in [-0.05, 0) is 30.0 Å². The molecule has 0 aliphatic rings. The Labute approximate surface area is 126 Å². The van der Waals surface area contributed by atoms with Gasteiger partial charge >= 0.3 is 0 Å². The van der Waals surface area contributed by atoms with Crippen molar-refractivity contribution < 1.29 is 4.74 Å². The number of aromatic nitrogens is 2. The van der Waals surface area contributed by atoms with Gasteiger partial charge in [-0.2, -0.15) is 0 Å². The van der Waals surface area contributed by atoms with E-state index in [1.165, 1.54) is 0 Å².